The van der Waals surface area contributed by atoms with E-state index in [0.717, 1.165) is 5.56 Å². The van der Waals surface area contributed by atoms with Gasteiger partial charge in [-0.1, -0.05) is 18.2 Å². The third-order valence-corrected chi connectivity index (χ3v) is 2.72. The molecule has 0 radical (unpaired) electrons. The van der Waals surface area contributed by atoms with Crippen molar-refractivity contribution in [1.29, 1.82) is 0 Å². The maximum Gasteiger partial charge on any atom is 0.268 e. The molecule has 2 rings (SSSR count). The van der Waals surface area contributed by atoms with Crippen molar-refractivity contribution in [2.24, 2.45) is 0 Å². The smallest absolute Gasteiger partial charge is 0.268 e. The average molecular weight is 217 g/mol. The van der Waals surface area contributed by atoms with E-state index >= 15 is 0 Å². The van der Waals surface area contributed by atoms with Crippen LogP contribution in [0.15, 0.2) is 29.1 Å². The molecule has 84 valence electrons. The molecule has 0 saturated heterocycles. The lowest BCUT2D eigenvalue weighted by atomic mass is 10.1. The number of nitrogen functional groups attached to an aromatic ring is 1. The van der Waals surface area contributed by atoms with Crippen LogP contribution in [0.3, 0.4) is 0 Å². The van der Waals surface area contributed by atoms with Gasteiger partial charge in [0.1, 0.15) is 5.82 Å². The molecule has 4 nitrogen and oxygen atoms in total. The summed E-state index contributed by atoms with van der Waals surface area (Å²) in [4.78, 5) is 11.4. The van der Waals surface area contributed by atoms with Crippen LogP contribution < -0.4 is 11.3 Å². The summed E-state index contributed by atoms with van der Waals surface area (Å²) in [6, 6.07) is 7.55. The summed E-state index contributed by atoms with van der Waals surface area (Å²) in [5.41, 5.74) is 8.98. The summed E-state index contributed by atoms with van der Waals surface area (Å²) in [5.74, 6) is 0.397. The van der Waals surface area contributed by atoms with E-state index in [4.69, 9.17) is 5.73 Å². The molecule has 0 unspecified atom stereocenters. The third-order valence-electron chi connectivity index (χ3n) is 2.72. The van der Waals surface area contributed by atoms with Crippen LogP contribution in [0.2, 0.25) is 0 Å². The summed E-state index contributed by atoms with van der Waals surface area (Å²) in [5, 5.41) is 2.81. The molecule has 1 aromatic heterocycles. The molecule has 1 heterocycles. The number of anilines is 1. The van der Waals surface area contributed by atoms with Gasteiger partial charge in [-0.25, -0.2) is 4.68 Å². The standard InChI is InChI=1S/C12H15N3O/c1-8-3-4-10(5-9(8)2)7-15-12(16)6-11(13)14-15/h3-6,14H,7,13H2,1-2H3. The van der Waals surface area contributed by atoms with Gasteiger partial charge in [0.2, 0.25) is 0 Å². The Hall–Kier alpha value is -1.97. The summed E-state index contributed by atoms with van der Waals surface area (Å²) in [6.45, 7) is 4.65. The van der Waals surface area contributed by atoms with E-state index < -0.39 is 0 Å². The van der Waals surface area contributed by atoms with Crippen molar-refractivity contribution in [3.05, 3.63) is 51.3 Å². The second-order valence-corrected chi connectivity index (χ2v) is 4.05. The third kappa shape index (κ3) is 2.00. The lowest BCUT2D eigenvalue weighted by Gasteiger charge is -2.05. The highest BCUT2D eigenvalue weighted by Gasteiger charge is 2.02. The zero-order valence-electron chi connectivity index (χ0n) is 9.45. The summed E-state index contributed by atoms with van der Waals surface area (Å²) < 4.78 is 1.50. The van der Waals surface area contributed by atoms with Crippen LogP contribution in [-0.4, -0.2) is 9.78 Å². The molecule has 0 saturated carbocycles. The Morgan fingerprint density at radius 3 is 2.56 bits per heavy atom. The lowest BCUT2D eigenvalue weighted by molar-refractivity contribution is 0.666. The minimum atomic E-state index is -0.101. The van der Waals surface area contributed by atoms with Crippen LogP contribution >= 0.6 is 0 Å². The first-order chi connectivity index (χ1) is 7.56. The summed E-state index contributed by atoms with van der Waals surface area (Å²) >= 11 is 0. The molecule has 0 spiro atoms. The van der Waals surface area contributed by atoms with E-state index in [-0.39, 0.29) is 5.56 Å². The second-order valence-electron chi connectivity index (χ2n) is 4.05. The average Bonchev–Trinajstić information content (AvgIpc) is 2.51. The van der Waals surface area contributed by atoms with Gasteiger partial charge in [-0.3, -0.25) is 9.89 Å². The van der Waals surface area contributed by atoms with Gasteiger partial charge in [0.15, 0.2) is 0 Å². The molecule has 3 N–H and O–H groups in total. The van der Waals surface area contributed by atoms with Gasteiger partial charge in [0, 0.05) is 6.07 Å². The van der Waals surface area contributed by atoms with Crippen molar-refractivity contribution in [3.63, 3.8) is 0 Å². The quantitative estimate of drug-likeness (QED) is 0.799. The Morgan fingerprint density at radius 2 is 2.00 bits per heavy atom. The van der Waals surface area contributed by atoms with Gasteiger partial charge < -0.3 is 5.73 Å². The topological polar surface area (TPSA) is 63.8 Å². The molecular weight excluding hydrogens is 202 g/mol. The van der Waals surface area contributed by atoms with Crippen LogP contribution in [-0.2, 0) is 6.54 Å². The van der Waals surface area contributed by atoms with Crippen molar-refractivity contribution < 1.29 is 0 Å². The molecule has 2 aromatic rings. The van der Waals surface area contributed by atoms with E-state index in [9.17, 15) is 4.79 Å². The SMILES string of the molecule is Cc1ccc(Cn2[nH]c(N)cc2=O)cc1C. The zero-order chi connectivity index (χ0) is 11.7. The van der Waals surface area contributed by atoms with E-state index in [1.807, 2.05) is 6.07 Å². The van der Waals surface area contributed by atoms with Crippen LogP contribution in [0.5, 0.6) is 0 Å². The molecule has 0 bridgehead atoms. The van der Waals surface area contributed by atoms with E-state index in [0.29, 0.717) is 12.4 Å². The van der Waals surface area contributed by atoms with Gasteiger partial charge in [-0.05, 0) is 30.5 Å². The minimum absolute atomic E-state index is 0.101. The fourth-order valence-electron chi connectivity index (χ4n) is 1.66. The fourth-order valence-corrected chi connectivity index (χ4v) is 1.66. The Bertz CT molecular complexity index is 566. The predicted octanol–water partition coefficient (Wildman–Crippen LogP) is 1.42. The predicted molar refractivity (Wildman–Crippen MR) is 64.5 cm³/mol. The number of H-pyrrole nitrogens is 1. The number of aryl methyl sites for hydroxylation is 2. The number of nitrogens with one attached hydrogen (secondary N) is 1. The zero-order valence-corrected chi connectivity index (χ0v) is 9.45. The molecular formula is C12H15N3O. The molecule has 0 aliphatic carbocycles. The van der Waals surface area contributed by atoms with Crippen molar-refractivity contribution >= 4 is 5.82 Å². The number of nitrogens with two attached hydrogens (primary N) is 1. The van der Waals surface area contributed by atoms with Crippen molar-refractivity contribution in [2.45, 2.75) is 20.4 Å². The molecule has 16 heavy (non-hydrogen) atoms. The van der Waals surface area contributed by atoms with Crippen LogP contribution in [0, 0.1) is 13.8 Å². The monoisotopic (exact) mass is 217 g/mol. The van der Waals surface area contributed by atoms with Crippen LogP contribution in [0.25, 0.3) is 0 Å². The molecule has 0 atom stereocenters. The number of hydrogen-bond donors (Lipinski definition) is 2. The van der Waals surface area contributed by atoms with Crippen molar-refractivity contribution in [1.82, 2.24) is 9.78 Å². The van der Waals surface area contributed by atoms with Crippen molar-refractivity contribution in [2.75, 3.05) is 5.73 Å². The number of aromatic nitrogens is 2. The van der Waals surface area contributed by atoms with Gasteiger partial charge in [0.05, 0.1) is 6.54 Å². The molecule has 0 aliphatic rings. The Labute approximate surface area is 93.7 Å². The van der Waals surface area contributed by atoms with Crippen LogP contribution in [0.4, 0.5) is 5.82 Å². The number of rotatable bonds is 2. The minimum Gasteiger partial charge on any atom is -0.384 e. The largest absolute Gasteiger partial charge is 0.384 e. The summed E-state index contributed by atoms with van der Waals surface area (Å²) in [7, 11) is 0. The second kappa shape index (κ2) is 3.89. The van der Waals surface area contributed by atoms with Gasteiger partial charge >= 0.3 is 0 Å². The highest BCUT2D eigenvalue weighted by Crippen LogP contribution is 2.10. The number of benzene rings is 1. The van der Waals surface area contributed by atoms with Crippen LogP contribution in [0.1, 0.15) is 16.7 Å². The maximum atomic E-state index is 11.4. The van der Waals surface area contributed by atoms with E-state index in [2.05, 4.69) is 31.1 Å². The molecule has 4 heteroatoms. The molecule has 1 aromatic carbocycles. The normalized spacial score (nSPS) is 10.6. The van der Waals surface area contributed by atoms with E-state index in [1.165, 1.54) is 21.9 Å². The van der Waals surface area contributed by atoms with Crippen molar-refractivity contribution in [3.8, 4) is 0 Å². The number of aromatic amines is 1. The first kappa shape index (κ1) is 10.5. The highest BCUT2D eigenvalue weighted by molar-refractivity contribution is 5.30. The first-order valence-corrected chi connectivity index (χ1v) is 5.18. The lowest BCUT2D eigenvalue weighted by Crippen LogP contribution is -2.16. The fraction of sp³-hybridized carbons (Fsp3) is 0.250. The number of hydrogen-bond acceptors (Lipinski definition) is 2. The van der Waals surface area contributed by atoms with Gasteiger partial charge in [0.25, 0.3) is 5.56 Å². The Balaban J connectivity index is 2.30. The molecule has 0 fully saturated rings. The highest BCUT2D eigenvalue weighted by atomic mass is 16.1. The van der Waals surface area contributed by atoms with Gasteiger partial charge in [-0.2, -0.15) is 0 Å². The Morgan fingerprint density at radius 1 is 1.25 bits per heavy atom. The first-order valence-electron chi connectivity index (χ1n) is 5.18. The molecule has 0 amide bonds. The molecule has 0 aliphatic heterocycles. The maximum absolute atomic E-state index is 11.4. The Kier molecular flexibility index (Phi) is 2.56. The number of nitrogens with zero attached hydrogens (tertiary/aromatic N) is 1. The summed E-state index contributed by atoms with van der Waals surface area (Å²) in [6.07, 6.45) is 0. The van der Waals surface area contributed by atoms with Gasteiger partial charge in [-0.15, -0.1) is 0 Å². The van der Waals surface area contributed by atoms with E-state index in [1.54, 1.807) is 0 Å².